The van der Waals surface area contributed by atoms with Gasteiger partial charge in [0, 0.05) is 27.5 Å². The summed E-state index contributed by atoms with van der Waals surface area (Å²) in [7, 11) is 0. The van der Waals surface area contributed by atoms with E-state index >= 15 is 0 Å². The quantitative estimate of drug-likeness (QED) is 0.765. The van der Waals surface area contributed by atoms with E-state index in [1.54, 1.807) is 22.7 Å². The van der Waals surface area contributed by atoms with Gasteiger partial charge in [-0.15, -0.1) is 34.3 Å². The summed E-state index contributed by atoms with van der Waals surface area (Å²) in [6.07, 6.45) is 0.852. The number of nitrogens with zero attached hydrogens (tertiary/aromatic N) is 1. The SMILES string of the molecule is ClCCc1csc(-c2cc(Br)cs2)n1. The maximum Gasteiger partial charge on any atom is 0.133 e. The number of halogens is 2. The lowest BCUT2D eigenvalue weighted by Gasteiger charge is -1.88. The number of alkyl halides is 1. The van der Waals surface area contributed by atoms with E-state index in [-0.39, 0.29) is 0 Å². The van der Waals surface area contributed by atoms with Gasteiger partial charge in [-0.2, -0.15) is 0 Å². The fourth-order valence-electron chi connectivity index (χ4n) is 1.06. The maximum atomic E-state index is 5.66. The first-order valence-electron chi connectivity index (χ1n) is 4.04. The van der Waals surface area contributed by atoms with Crippen LogP contribution < -0.4 is 0 Å². The summed E-state index contributed by atoms with van der Waals surface area (Å²) in [5, 5.41) is 5.23. The first-order chi connectivity index (χ1) is 6.79. The van der Waals surface area contributed by atoms with Crippen molar-refractivity contribution in [1.82, 2.24) is 4.98 Å². The minimum Gasteiger partial charge on any atom is -0.240 e. The van der Waals surface area contributed by atoms with Gasteiger partial charge in [0.1, 0.15) is 5.01 Å². The van der Waals surface area contributed by atoms with E-state index in [0.29, 0.717) is 5.88 Å². The van der Waals surface area contributed by atoms with Crippen LogP contribution in [-0.2, 0) is 6.42 Å². The van der Waals surface area contributed by atoms with Crippen LogP contribution in [0.4, 0.5) is 0 Å². The third-order valence-electron chi connectivity index (χ3n) is 1.68. The molecule has 0 spiro atoms. The molecule has 0 radical (unpaired) electrons. The van der Waals surface area contributed by atoms with Crippen molar-refractivity contribution in [3.63, 3.8) is 0 Å². The summed E-state index contributed by atoms with van der Waals surface area (Å²) in [4.78, 5) is 5.72. The van der Waals surface area contributed by atoms with Gasteiger partial charge in [0.2, 0.25) is 0 Å². The molecule has 5 heteroatoms. The zero-order chi connectivity index (χ0) is 9.97. The Kier molecular flexibility index (Phi) is 3.60. The van der Waals surface area contributed by atoms with Crippen LogP contribution in [0, 0.1) is 0 Å². The molecule has 0 saturated carbocycles. The minimum absolute atomic E-state index is 0.636. The Morgan fingerprint density at radius 3 is 2.86 bits per heavy atom. The van der Waals surface area contributed by atoms with Gasteiger partial charge in [0.25, 0.3) is 0 Å². The summed E-state index contributed by atoms with van der Waals surface area (Å²) < 4.78 is 1.12. The van der Waals surface area contributed by atoms with Crippen molar-refractivity contribution >= 4 is 50.2 Å². The topological polar surface area (TPSA) is 12.9 Å². The zero-order valence-electron chi connectivity index (χ0n) is 7.17. The van der Waals surface area contributed by atoms with Gasteiger partial charge in [0.05, 0.1) is 10.6 Å². The lowest BCUT2D eigenvalue weighted by Crippen LogP contribution is -1.84. The maximum absolute atomic E-state index is 5.66. The molecule has 0 fully saturated rings. The lowest BCUT2D eigenvalue weighted by molar-refractivity contribution is 1.07. The number of aryl methyl sites for hydroxylation is 1. The van der Waals surface area contributed by atoms with E-state index in [0.717, 1.165) is 21.6 Å². The zero-order valence-corrected chi connectivity index (χ0v) is 11.1. The number of thiophene rings is 1. The molecule has 0 N–H and O–H groups in total. The van der Waals surface area contributed by atoms with Crippen molar-refractivity contribution in [1.29, 1.82) is 0 Å². The van der Waals surface area contributed by atoms with Gasteiger partial charge >= 0.3 is 0 Å². The molecule has 0 atom stereocenters. The second-order valence-electron chi connectivity index (χ2n) is 2.71. The third kappa shape index (κ3) is 2.37. The molecule has 2 aromatic rings. The van der Waals surface area contributed by atoms with E-state index in [9.17, 15) is 0 Å². The molecule has 0 bridgehead atoms. The summed E-state index contributed by atoms with van der Waals surface area (Å²) in [6.45, 7) is 0. The Hall–Kier alpha value is 0.1000. The van der Waals surface area contributed by atoms with Crippen molar-refractivity contribution in [3.8, 4) is 9.88 Å². The molecule has 2 rings (SSSR count). The van der Waals surface area contributed by atoms with Crippen LogP contribution in [-0.4, -0.2) is 10.9 Å². The molecule has 0 saturated heterocycles. The van der Waals surface area contributed by atoms with Gasteiger partial charge in [-0.3, -0.25) is 0 Å². The molecule has 2 heterocycles. The normalized spacial score (nSPS) is 10.7. The molecule has 0 aliphatic rings. The monoisotopic (exact) mass is 307 g/mol. The van der Waals surface area contributed by atoms with Crippen LogP contribution in [0.25, 0.3) is 9.88 Å². The van der Waals surface area contributed by atoms with E-state index in [4.69, 9.17) is 11.6 Å². The molecule has 0 amide bonds. The number of rotatable bonds is 3. The van der Waals surface area contributed by atoms with E-state index < -0.39 is 0 Å². The standard InChI is InChI=1S/C9H7BrClNS2/c10-6-3-8(13-4-6)9-12-7(1-2-11)5-14-9/h3-5H,1-2H2. The van der Waals surface area contributed by atoms with E-state index in [2.05, 4.69) is 37.7 Å². The van der Waals surface area contributed by atoms with Gasteiger partial charge in [-0.05, 0) is 22.0 Å². The molecule has 0 unspecified atom stereocenters. The highest BCUT2D eigenvalue weighted by Gasteiger charge is 2.06. The molecular weight excluding hydrogens is 302 g/mol. The fraction of sp³-hybridized carbons (Fsp3) is 0.222. The summed E-state index contributed by atoms with van der Waals surface area (Å²) in [6, 6.07) is 2.09. The average Bonchev–Trinajstić information content (AvgIpc) is 2.74. The summed E-state index contributed by atoms with van der Waals surface area (Å²) >= 11 is 12.5. The highest BCUT2D eigenvalue weighted by Crippen LogP contribution is 2.31. The van der Waals surface area contributed by atoms with E-state index in [1.807, 2.05) is 0 Å². The molecule has 2 aromatic heterocycles. The lowest BCUT2D eigenvalue weighted by atomic mass is 10.4. The predicted octanol–water partition coefficient (Wildman–Crippen LogP) is 4.42. The summed E-state index contributed by atoms with van der Waals surface area (Å²) in [5.41, 5.74) is 1.09. The Bertz CT molecular complexity index is 424. The summed E-state index contributed by atoms with van der Waals surface area (Å²) in [5.74, 6) is 0.636. The second kappa shape index (κ2) is 4.75. The van der Waals surface area contributed by atoms with Crippen molar-refractivity contribution < 1.29 is 0 Å². The Labute approximate surface area is 104 Å². The van der Waals surface area contributed by atoms with Crippen LogP contribution in [0.2, 0.25) is 0 Å². The van der Waals surface area contributed by atoms with Gasteiger partial charge in [0.15, 0.2) is 0 Å². The van der Waals surface area contributed by atoms with Crippen molar-refractivity contribution in [2.45, 2.75) is 6.42 Å². The first kappa shape index (κ1) is 10.6. The van der Waals surface area contributed by atoms with Crippen molar-refractivity contribution in [2.24, 2.45) is 0 Å². The molecular formula is C9H7BrClNS2. The van der Waals surface area contributed by atoms with E-state index in [1.165, 1.54) is 4.88 Å². The van der Waals surface area contributed by atoms with Crippen LogP contribution >= 0.6 is 50.2 Å². The minimum atomic E-state index is 0.636. The highest BCUT2D eigenvalue weighted by molar-refractivity contribution is 9.10. The molecule has 0 aliphatic heterocycles. The van der Waals surface area contributed by atoms with Gasteiger partial charge < -0.3 is 0 Å². The number of hydrogen-bond donors (Lipinski definition) is 0. The molecule has 0 aromatic carbocycles. The van der Waals surface area contributed by atoms with Crippen LogP contribution in [0.5, 0.6) is 0 Å². The van der Waals surface area contributed by atoms with Crippen molar-refractivity contribution in [2.75, 3.05) is 5.88 Å². The number of thiazole rings is 1. The number of aromatic nitrogens is 1. The van der Waals surface area contributed by atoms with Crippen LogP contribution in [0.3, 0.4) is 0 Å². The Balaban J connectivity index is 2.24. The molecule has 14 heavy (non-hydrogen) atoms. The Morgan fingerprint density at radius 2 is 2.21 bits per heavy atom. The Morgan fingerprint density at radius 1 is 1.36 bits per heavy atom. The second-order valence-corrected chi connectivity index (χ2v) is 5.78. The average molecular weight is 309 g/mol. The number of hydrogen-bond acceptors (Lipinski definition) is 3. The largest absolute Gasteiger partial charge is 0.240 e. The molecule has 74 valence electrons. The molecule has 0 aliphatic carbocycles. The first-order valence-corrected chi connectivity index (χ1v) is 7.13. The fourth-order valence-corrected chi connectivity index (χ4v) is 3.61. The third-order valence-corrected chi connectivity index (χ3v) is 4.62. The van der Waals surface area contributed by atoms with Crippen molar-refractivity contribution in [3.05, 3.63) is 27.0 Å². The van der Waals surface area contributed by atoms with Gasteiger partial charge in [-0.1, -0.05) is 0 Å². The van der Waals surface area contributed by atoms with Gasteiger partial charge in [-0.25, -0.2) is 4.98 Å². The smallest absolute Gasteiger partial charge is 0.133 e. The van der Waals surface area contributed by atoms with Crippen LogP contribution in [0.1, 0.15) is 5.69 Å². The molecule has 1 nitrogen and oxygen atoms in total. The predicted molar refractivity (Wildman–Crippen MR) is 67.6 cm³/mol. The van der Waals surface area contributed by atoms with Crippen LogP contribution in [0.15, 0.2) is 21.3 Å². The highest BCUT2D eigenvalue weighted by atomic mass is 79.9.